The molecule has 16 heavy (non-hydrogen) atoms. The van der Waals surface area contributed by atoms with E-state index >= 15 is 0 Å². The molecule has 4 nitrogen and oxygen atoms in total. The number of hydrogen-bond donors (Lipinski definition) is 1. The van der Waals surface area contributed by atoms with Crippen LogP contribution < -0.4 is 5.32 Å². The summed E-state index contributed by atoms with van der Waals surface area (Å²) in [5.41, 5.74) is 0. The largest absolute Gasteiger partial charge is 0.425 e. The summed E-state index contributed by atoms with van der Waals surface area (Å²) in [6.45, 7) is 0.806. The van der Waals surface area contributed by atoms with Crippen molar-refractivity contribution in [1.29, 1.82) is 0 Å². The first-order chi connectivity index (χ1) is 7.51. The highest BCUT2D eigenvalue weighted by molar-refractivity contribution is 4.83. The van der Waals surface area contributed by atoms with Gasteiger partial charge in [0.2, 0.25) is 11.8 Å². The fourth-order valence-corrected chi connectivity index (χ4v) is 1.16. The Balaban J connectivity index is 2.33. The Hall–Kier alpha value is -1.11. The minimum atomic E-state index is -4.18. The van der Waals surface area contributed by atoms with Gasteiger partial charge in [0.15, 0.2) is 0 Å². The molecule has 0 unspecified atom stereocenters. The highest BCUT2D eigenvalue weighted by Crippen LogP contribution is 2.21. The van der Waals surface area contributed by atoms with Crippen LogP contribution in [0.1, 0.15) is 24.6 Å². The monoisotopic (exact) mass is 237 g/mol. The first-order valence-corrected chi connectivity index (χ1v) is 5.04. The molecule has 0 atom stereocenters. The molecule has 1 heterocycles. The third kappa shape index (κ3) is 5.11. The van der Waals surface area contributed by atoms with E-state index < -0.39 is 12.6 Å². The van der Waals surface area contributed by atoms with Crippen LogP contribution in [0.4, 0.5) is 13.2 Å². The summed E-state index contributed by atoms with van der Waals surface area (Å²) in [4.78, 5) is 0. The van der Waals surface area contributed by atoms with Gasteiger partial charge in [-0.15, -0.1) is 10.2 Å². The van der Waals surface area contributed by atoms with Crippen LogP contribution in [0.3, 0.4) is 0 Å². The molecule has 0 aliphatic heterocycles. The van der Waals surface area contributed by atoms with Gasteiger partial charge in [0.1, 0.15) is 0 Å². The minimum absolute atomic E-state index is 0.0526. The minimum Gasteiger partial charge on any atom is -0.425 e. The van der Waals surface area contributed by atoms with Crippen molar-refractivity contribution in [2.75, 3.05) is 13.6 Å². The van der Waals surface area contributed by atoms with E-state index in [1.165, 1.54) is 0 Å². The number of aromatic nitrogens is 2. The number of nitrogens with zero attached hydrogens (tertiary/aromatic N) is 2. The summed E-state index contributed by atoms with van der Waals surface area (Å²) in [6, 6.07) is 0. The first-order valence-electron chi connectivity index (χ1n) is 5.04. The van der Waals surface area contributed by atoms with Crippen LogP contribution in [-0.4, -0.2) is 30.0 Å². The van der Waals surface area contributed by atoms with Crippen LogP contribution >= 0.6 is 0 Å². The summed E-state index contributed by atoms with van der Waals surface area (Å²) in [5.74, 6) is 0.448. The van der Waals surface area contributed by atoms with Crippen molar-refractivity contribution in [2.24, 2.45) is 0 Å². The zero-order chi connectivity index (χ0) is 12.0. The SMILES string of the molecule is CNCCCc1nnc(CCC(F)(F)F)o1. The lowest BCUT2D eigenvalue weighted by Crippen LogP contribution is -2.08. The zero-order valence-electron chi connectivity index (χ0n) is 8.97. The number of rotatable bonds is 6. The van der Waals surface area contributed by atoms with Gasteiger partial charge in [-0.2, -0.15) is 13.2 Å². The molecule has 1 rings (SSSR count). The first kappa shape index (κ1) is 13.0. The molecule has 1 N–H and O–H groups in total. The van der Waals surface area contributed by atoms with E-state index in [1.54, 1.807) is 0 Å². The Morgan fingerprint density at radius 3 is 2.38 bits per heavy atom. The maximum absolute atomic E-state index is 11.9. The molecule has 0 aliphatic carbocycles. The molecule has 0 saturated heterocycles. The topological polar surface area (TPSA) is 51.0 Å². The van der Waals surface area contributed by atoms with Crippen molar-refractivity contribution in [3.8, 4) is 0 Å². The summed E-state index contributed by atoms with van der Waals surface area (Å²) in [5, 5.41) is 10.2. The van der Waals surface area contributed by atoms with E-state index in [2.05, 4.69) is 15.5 Å². The number of aryl methyl sites for hydroxylation is 2. The molecule has 1 aromatic heterocycles. The van der Waals surface area contributed by atoms with Gasteiger partial charge < -0.3 is 9.73 Å². The molecule has 0 amide bonds. The average Bonchev–Trinajstić information content (AvgIpc) is 2.62. The predicted octanol–water partition coefficient (Wildman–Crippen LogP) is 1.72. The molecule has 0 spiro atoms. The van der Waals surface area contributed by atoms with E-state index in [0.717, 1.165) is 13.0 Å². The molecule has 0 radical (unpaired) electrons. The number of halogens is 3. The second-order valence-corrected chi connectivity index (χ2v) is 3.41. The van der Waals surface area contributed by atoms with Gasteiger partial charge in [-0.3, -0.25) is 0 Å². The molecule has 0 saturated carbocycles. The van der Waals surface area contributed by atoms with Crippen molar-refractivity contribution in [1.82, 2.24) is 15.5 Å². The van der Waals surface area contributed by atoms with E-state index in [4.69, 9.17) is 4.42 Å². The van der Waals surface area contributed by atoms with Crippen LogP contribution in [-0.2, 0) is 12.8 Å². The summed E-state index contributed by atoms with van der Waals surface area (Å²) in [7, 11) is 1.82. The van der Waals surface area contributed by atoms with Crippen LogP contribution in [0.15, 0.2) is 4.42 Å². The van der Waals surface area contributed by atoms with Gasteiger partial charge in [0.25, 0.3) is 0 Å². The molecule has 92 valence electrons. The van der Waals surface area contributed by atoms with Gasteiger partial charge in [-0.25, -0.2) is 0 Å². The van der Waals surface area contributed by atoms with Crippen molar-refractivity contribution >= 4 is 0 Å². The average molecular weight is 237 g/mol. The normalized spacial score (nSPS) is 12.0. The number of nitrogens with one attached hydrogen (secondary N) is 1. The highest BCUT2D eigenvalue weighted by atomic mass is 19.4. The van der Waals surface area contributed by atoms with E-state index in [0.29, 0.717) is 12.3 Å². The van der Waals surface area contributed by atoms with Gasteiger partial charge >= 0.3 is 6.18 Å². The smallest absolute Gasteiger partial charge is 0.389 e. The predicted molar refractivity (Wildman–Crippen MR) is 50.9 cm³/mol. The van der Waals surface area contributed by atoms with Gasteiger partial charge in [0.05, 0.1) is 6.42 Å². The second kappa shape index (κ2) is 5.83. The fraction of sp³-hybridized carbons (Fsp3) is 0.778. The van der Waals surface area contributed by atoms with E-state index in [9.17, 15) is 13.2 Å². The Kier molecular flexibility index (Phi) is 4.72. The van der Waals surface area contributed by atoms with Gasteiger partial charge in [0, 0.05) is 12.8 Å². The molecule has 0 bridgehead atoms. The van der Waals surface area contributed by atoms with Crippen molar-refractivity contribution in [2.45, 2.75) is 31.9 Å². The Morgan fingerprint density at radius 2 is 1.81 bits per heavy atom. The van der Waals surface area contributed by atoms with E-state index in [-0.39, 0.29) is 12.3 Å². The Labute approximate surface area is 91.2 Å². The Morgan fingerprint density at radius 1 is 1.19 bits per heavy atom. The number of hydrogen-bond acceptors (Lipinski definition) is 4. The lowest BCUT2D eigenvalue weighted by molar-refractivity contribution is -0.134. The standard InChI is InChI=1S/C9H14F3N3O/c1-13-6-2-3-7-14-15-8(16-7)4-5-9(10,11)12/h13H,2-6H2,1H3. The third-order valence-electron chi connectivity index (χ3n) is 1.95. The Bertz CT molecular complexity index is 311. The lowest BCUT2D eigenvalue weighted by Gasteiger charge is -2.02. The summed E-state index contributed by atoms with van der Waals surface area (Å²) >= 11 is 0. The highest BCUT2D eigenvalue weighted by Gasteiger charge is 2.27. The molecule has 0 aromatic carbocycles. The lowest BCUT2D eigenvalue weighted by atomic mass is 10.3. The van der Waals surface area contributed by atoms with Crippen LogP contribution in [0, 0.1) is 0 Å². The zero-order valence-corrected chi connectivity index (χ0v) is 8.97. The maximum atomic E-state index is 11.9. The second-order valence-electron chi connectivity index (χ2n) is 3.41. The maximum Gasteiger partial charge on any atom is 0.389 e. The molecular weight excluding hydrogens is 223 g/mol. The summed E-state index contributed by atoms with van der Waals surface area (Å²) in [6.07, 6.45) is -3.95. The van der Waals surface area contributed by atoms with Crippen molar-refractivity contribution in [3.63, 3.8) is 0 Å². The summed E-state index contributed by atoms with van der Waals surface area (Å²) < 4.78 is 40.8. The number of alkyl halides is 3. The molecule has 0 fully saturated rings. The van der Waals surface area contributed by atoms with Crippen molar-refractivity contribution in [3.05, 3.63) is 11.8 Å². The van der Waals surface area contributed by atoms with Gasteiger partial charge in [-0.1, -0.05) is 0 Å². The molecule has 0 aliphatic rings. The molecular formula is C9H14F3N3O. The van der Waals surface area contributed by atoms with E-state index in [1.807, 2.05) is 7.05 Å². The van der Waals surface area contributed by atoms with Gasteiger partial charge in [-0.05, 0) is 20.0 Å². The molecule has 1 aromatic rings. The quantitative estimate of drug-likeness (QED) is 0.765. The van der Waals surface area contributed by atoms with Crippen molar-refractivity contribution < 1.29 is 17.6 Å². The van der Waals surface area contributed by atoms with Crippen LogP contribution in [0.5, 0.6) is 0 Å². The third-order valence-corrected chi connectivity index (χ3v) is 1.95. The molecule has 7 heteroatoms. The van der Waals surface area contributed by atoms with Crippen LogP contribution in [0.2, 0.25) is 0 Å². The van der Waals surface area contributed by atoms with Crippen LogP contribution in [0.25, 0.3) is 0 Å². The fourth-order valence-electron chi connectivity index (χ4n) is 1.16.